The minimum atomic E-state index is -1.17. The lowest BCUT2D eigenvalue weighted by Crippen LogP contribution is -2.44. The van der Waals surface area contributed by atoms with E-state index in [0.29, 0.717) is 25.2 Å². The smallest absolute Gasteiger partial charge is 0.354 e. The van der Waals surface area contributed by atoms with Gasteiger partial charge < -0.3 is 20.6 Å². The van der Waals surface area contributed by atoms with Crippen molar-refractivity contribution >= 4 is 23.6 Å². The number of likely N-dealkylation sites (tertiary alicyclic amines) is 1. The van der Waals surface area contributed by atoms with Crippen molar-refractivity contribution in [1.29, 1.82) is 0 Å². The largest absolute Gasteiger partial charge is 0.477 e. The van der Waals surface area contributed by atoms with Crippen molar-refractivity contribution in [1.82, 2.24) is 15.2 Å². The summed E-state index contributed by atoms with van der Waals surface area (Å²) in [6.07, 6.45) is 3.06. The molecule has 0 aliphatic carbocycles. The van der Waals surface area contributed by atoms with Crippen LogP contribution >= 0.6 is 0 Å². The molecule has 1 atom stereocenters. The Morgan fingerprint density at radius 1 is 1.21 bits per heavy atom. The number of carbonyl (C=O) groups excluding carboxylic acids is 2. The molecule has 29 heavy (non-hydrogen) atoms. The van der Waals surface area contributed by atoms with Crippen molar-refractivity contribution in [2.24, 2.45) is 5.92 Å². The zero-order valence-corrected chi connectivity index (χ0v) is 16.2. The molecule has 0 spiro atoms. The van der Waals surface area contributed by atoms with Crippen LogP contribution in [0.25, 0.3) is 0 Å². The van der Waals surface area contributed by atoms with Crippen LogP contribution in [0.4, 0.5) is 10.5 Å². The fraction of sp³-hybridized carbons (Fsp3) is 0.333. The van der Waals surface area contributed by atoms with E-state index in [0.717, 1.165) is 24.1 Å². The normalized spacial score (nSPS) is 16.2. The van der Waals surface area contributed by atoms with Crippen molar-refractivity contribution in [2.45, 2.75) is 19.8 Å². The predicted octanol–water partition coefficient (Wildman–Crippen LogP) is 2.76. The van der Waals surface area contributed by atoms with E-state index in [1.807, 2.05) is 31.2 Å². The number of amides is 3. The molecule has 0 saturated carbocycles. The summed E-state index contributed by atoms with van der Waals surface area (Å²) in [5.74, 6) is -1.25. The van der Waals surface area contributed by atoms with E-state index in [9.17, 15) is 14.4 Å². The predicted molar refractivity (Wildman–Crippen MR) is 108 cm³/mol. The third kappa shape index (κ3) is 5.54. The Balaban J connectivity index is 1.53. The van der Waals surface area contributed by atoms with Crippen LogP contribution in [0.5, 0.6) is 0 Å². The molecule has 1 aromatic carbocycles. The molecule has 1 aromatic heterocycles. The zero-order chi connectivity index (χ0) is 20.8. The first kappa shape index (κ1) is 20.3. The third-order valence-electron chi connectivity index (χ3n) is 4.89. The summed E-state index contributed by atoms with van der Waals surface area (Å²) in [5.41, 5.74) is 2.00. The Morgan fingerprint density at radius 2 is 1.97 bits per heavy atom. The highest BCUT2D eigenvalue weighted by Crippen LogP contribution is 2.18. The molecule has 1 fully saturated rings. The lowest BCUT2D eigenvalue weighted by Gasteiger charge is -2.33. The Labute approximate surface area is 168 Å². The lowest BCUT2D eigenvalue weighted by atomic mass is 9.97. The van der Waals surface area contributed by atoms with Gasteiger partial charge in [-0.05, 0) is 49.9 Å². The Bertz CT molecular complexity index is 898. The van der Waals surface area contributed by atoms with Crippen molar-refractivity contribution in [3.05, 3.63) is 59.4 Å². The molecule has 1 aliphatic rings. The molecular weight excluding hydrogens is 372 g/mol. The van der Waals surface area contributed by atoms with Crippen molar-refractivity contribution < 1.29 is 19.5 Å². The first-order chi connectivity index (χ1) is 13.9. The average Bonchev–Trinajstić information content (AvgIpc) is 2.73. The fourth-order valence-electron chi connectivity index (χ4n) is 3.33. The standard InChI is InChI=1S/C21H24N4O4/c1-14-4-6-17(7-5-14)24-21(29)23-12-15-3-2-10-25(13-15)19(26)16-8-9-22-18(11-16)20(27)28/h4-9,11,15H,2-3,10,12-13H2,1H3,(H,27,28)(H2,23,24,29). The number of carbonyl (C=O) groups is 3. The van der Waals surface area contributed by atoms with E-state index < -0.39 is 5.97 Å². The number of anilines is 1. The number of hydrogen-bond acceptors (Lipinski definition) is 4. The molecule has 1 unspecified atom stereocenters. The number of nitrogens with one attached hydrogen (secondary N) is 2. The highest BCUT2D eigenvalue weighted by atomic mass is 16.4. The van der Waals surface area contributed by atoms with E-state index in [4.69, 9.17) is 5.11 Å². The molecule has 0 bridgehead atoms. The Kier molecular flexibility index (Phi) is 6.43. The molecule has 2 aromatic rings. The second-order valence-electron chi connectivity index (χ2n) is 7.20. The van der Waals surface area contributed by atoms with Crippen LogP contribution in [0.1, 0.15) is 39.3 Å². The van der Waals surface area contributed by atoms with Crippen LogP contribution in [0.2, 0.25) is 0 Å². The molecule has 3 N–H and O–H groups in total. The summed E-state index contributed by atoms with van der Waals surface area (Å²) in [5, 5.41) is 14.7. The number of aromatic nitrogens is 1. The van der Waals surface area contributed by atoms with Crippen molar-refractivity contribution in [3.63, 3.8) is 0 Å². The van der Waals surface area contributed by atoms with E-state index in [1.165, 1.54) is 18.3 Å². The molecule has 3 rings (SSSR count). The van der Waals surface area contributed by atoms with Gasteiger partial charge in [-0.2, -0.15) is 0 Å². The molecule has 1 aliphatic heterocycles. The molecule has 8 nitrogen and oxygen atoms in total. The average molecular weight is 396 g/mol. The number of carboxylic acids is 1. The number of nitrogens with zero attached hydrogens (tertiary/aromatic N) is 2. The maximum Gasteiger partial charge on any atom is 0.354 e. The maximum atomic E-state index is 12.7. The van der Waals surface area contributed by atoms with E-state index >= 15 is 0 Å². The number of benzene rings is 1. The molecule has 152 valence electrons. The molecule has 1 saturated heterocycles. The Hall–Kier alpha value is -3.42. The highest BCUT2D eigenvalue weighted by Gasteiger charge is 2.25. The number of urea groups is 1. The topological polar surface area (TPSA) is 112 Å². The van der Waals surface area contributed by atoms with E-state index in [1.54, 1.807) is 4.90 Å². The van der Waals surface area contributed by atoms with Gasteiger partial charge in [-0.25, -0.2) is 14.6 Å². The van der Waals surface area contributed by atoms with E-state index in [-0.39, 0.29) is 23.6 Å². The van der Waals surface area contributed by atoms with Crippen LogP contribution in [0.3, 0.4) is 0 Å². The first-order valence-electron chi connectivity index (χ1n) is 9.52. The van der Waals surface area contributed by atoms with Gasteiger partial charge in [0.15, 0.2) is 0 Å². The number of hydrogen-bond donors (Lipinski definition) is 3. The molecule has 2 heterocycles. The van der Waals surface area contributed by atoms with Gasteiger partial charge in [0.05, 0.1) is 0 Å². The monoisotopic (exact) mass is 396 g/mol. The van der Waals surface area contributed by atoms with Gasteiger partial charge in [-0.15, -0.1) is 0 Å². The number of piperidine rings is 1. The van der Waals surface area contributed by atoms with Crippen LogP contribution in [-0.4, -0.2) is 52.5 Å². The maximum absolute atomic E-state index is 12.7. The van der Waals surface area contributed by atoms with Gasteiger partial charge in [0.1, 0.15) is 5.69 Å². The third-order valence-corrected chi connectivity index (χ3v) is 4.89. The van der Waals surface area contributed by atoms with Crippen LogP contribution in [0, 0.1) is 12.8 Å². The zero-order valence-electron chi connectivity index (χ0n) is 16.2. The number of carboxylic acid groups (broad SMARTS) is 1. The summed E-state index contributed by atoms with van der Waals surface area (Å²) < 4.78 is 0. The van der Waals surface area contributed by atoms with Gasteiger partial charge in [0, 0.05) is 37.1 Å². The summed E-state index contributed by atoms with van der Waals surface area (Å²) in [6, 6.07) is 10.1. The van der Waals surface area contributed by atoms with Crippen molar-refractivity contribution in [3.8, 4) is 0 Å². The first-order valence-corrected chi connectivity index (χ1v) is 9.52. The van der Waals surface area contributed by atoms with Crippen LogP contribution in [0.15, 0.2) is 42.6 Å². The summed E-state index contributed by atoms with van der Waals surface area (Å²) in [4.78, 5) is 41.4. The van der Waals surface area contributed by atoms with Crippen LogP contribution < -0.4 is 10.6 Å². The summed E-state index contributed by atoms with van der Waals surface area (Å²) >= 11 is 0. The van der Waals surface area contributed by atoms with Gasteiger partial charge in [0.25, 0.3) is 5.91 Å². The van der Waals surface area contributed by atoms with Gasteiger partial charge in [0.2, 0.25) is 0 Å². The Morgan fingerprint density at radius 3 is 2.69 bits per heavy atom. The number of aryl methyl sites for hydroxylation is 1. The van der Waals surface area contributed by atoms with Crippen LogP contribution in [-0.2, 0) is 0 Å². The molecular formula is C21H24N4O4. The van der Waals surface area contributed by atoms with E-state index in [2.05, 4.69) is 15.6 Å². The molecule has 8 heteroatoms. The minimum Gasteiger partial charge on any atom is -0.477 e. The lowest BCUT2D eigenvalue weighted by molar-refractivity contribution is 0.0675. The number of pyridine rings is 1. The molecule has 0 radical (unpaired) electrons. The van der Waals surface area contributed by atoms with Gasteiger partial charge in [-0.1, -0.05) is 17.7 Å². The summed E-state index contributed by atoms with van der Waals surface area (Å²) in [6.45, 7) is 3.55. The minimum absolute atomic E-state index is 0.136. The summed E-state index contributed by atoms with van der Waals surface area (Å²) in [7, 11) is 0. The SMILES string of the molecule is Cc1ccc(NC(=O)NCC2CCCN(C(=O)c3ccnc(C(=O)O)c3)C2)cc1. The quantitative estimate of drug-likeness (QED) is 0.720. The second-order valence-corrected chi connectivity index (χ2v) is 7.20. The van der Waals surface area contributed by atoms with Crippen molar-refractivity contribution in [2.75, 3.05) is 25.0 Å². The fourth-order valence-corrected chi connectivity index (χ4v) is 3.33. The number of aromatic carboxylic acids is 1. The van der Waals surface area contributed by atoms with Gasteiger partial charge >= 0.3 is 12.0 Å². The second kappa shape index (κ2) is 9.18. The van der Waals surface area contributed by atoms with Gasteiger partial charge in [-0.3, -0.25) is 4.79 Å². The molecule has 3 amide bonds. The number of rotatable bonds is 5. The highest BCUT2D eigenvalue weighted by molar-refractivity contribution is 5.96.